The summed E-state index contributed by atoms with van der Waals surface area (Å²) in [5, 5.41) is 5.62. The lowest BCUT2D eigenvalue weighted by Gasteiger charge is -2.20. The monoisotopic (exact) mass is 419 g/mol. The highest BCUT2D eigenvalue weighted by Gasteiger charge is 2.30. The molecule has 0 radical (unpaired) electrons. The number of nitrogens with zero attached hydrogens (tertiary/aromatic N) is 1. The van der Waals surface area contributed by atoms with E-state index in [4.69, 9.17) is 0 Å². The van der Waals surface area contributed by atoms with E-state index in [0.29, 0.717) is 19.5 Å². The van der Waals surface area contributed by atoms with E-state index in [0.717, 1.165) is 36.2 Å². The van der Waals surface area contributed by atoms with Gasteiger partial charge in [0, 0.05) is 31.7 Å². The molecule has 2 N–H and O–H groups in total. The molecular weight excluding hydrogens is 395 g/mol. The van der Waals surface area contributed by atoms with Gasteiger partial charge in [0.25, 0.3) is 0 Å². The molecule has 5 nitrogen and oxygen atoms in total. The zero-order valence-corrected chi connectivity index (χ0v) is 16.6. The molecule has 0 aromatic heterocycles. The van der Waals surface area contributed by atoms with Crippen molar-refractivity contribution in [2.24, 2.45) is 0 Å². The maximum absolute atomic E-state index is 12.8. The van der Waals surface area contributed by atoms with E-state index in [2.05, 4.69) is 10.6 Å². The maximum atomic E-state index is 12.8. The van der Waals surface area contributed by atoms with Gasteiger partial charge in [-0.05, 0) is 42.7 Å². The largest absolute Gasteiger partial charge is 0.416 e. The van der Waals surface area contributed by atoms with E-state index >= 15 is 0 Å². The fourth-order valence-electron chi connectivity index (χ4n) is 3.34. The van der Waals surface area contributed by atoms with Crippen LogP contribution in [-0.2, 0) is 28.9 Å². The fourth-order valence-corrected chi connectivity index (χ4v) is 3.34. The smallest absolute Gasteiger partial charge is 0.338 e. The Hall–Kier alpha value is -2.87. The van der Waals surface area contributed by atoms with Gasteiger partial charge in [-0.2, -0.15) is 13.2 Å². The molecular formula is C22H24F3N3O2. The predicted molar refractivity (Wildman–Crippen MR) is 107 cm³/mol. The highest BCUT2D eigenvalue weighted by Crippen LogP contribution is 2.30. The van der Waals surface area contributed by atoms with Gasteiger partial charge in [0.2, 0.25) is 11.8 Å². The fraction of sp³-hybridized carbons (Fsp3) is 0.364. The average Bonchev–Trinajstić information content (AvgIpc) is 3.11. The van der Waals surface area contributed by atoms with E-state index in [1.807, 2.05) is 29.2 Å². The van der Waals surface area contributed by atoms with Crippen LogP contribution in [0.5, 0.6) is 0 Å². The lowest BCUT2D eigenvalue weighted by atomic mass is 10.1. The van der Waals surface area contributed by atoms with Crippen LogP contribution in [0.3, 0.4) is 0 Å². The highest BCUT2D eigenvalue weighted by atomic mass is 19.4. The van der Waals surface area contributed by atoms with E-state index in [1.54, 1.807) is 6.92 Å². The third kappa shape index (κ3) is 5.60. The summed E-state index contributed by atoms with van der Waals surface area (Å²) >= 11 is 0. The standard InChI is InChI=1S/C22H24F3N3O2/c1-15(21(30)27-19-9-4-8-18(12-19)22(23,24)25)26-13-16-6-2-3-7-17(16)14-28-11-5-10-20(28)29/h2-4,6-9,12,15,26H,5,10-11,13-14H2,1H3,(H,27,30). The third-order valence-corrected chi connectivity index (χ3v) is 5.10. The van der Waals surface area contributed by atoms with Crippen LogP contribution in [0, 0.1) is 0 Å². The normalized spacial score (nSPS) is 15.3. The average molecular weight is 419 g/mol. The molecule has 0 spiro atoms. The summed E-state index contributed by atoms with van der Waals surface area (Å²) in [6, 6.07) is 11.6. The Morgan fingerprint density at radius 1 is 1.13 bits per heavy atom. The maximum Gasteiger partial charge on any atom is 0.416 e. The molecule has 0 bridgehead atoms. The van der Waals surface area contributed by atoms with Gasteiger partial charge in [0.15, 0.2) is 0 Å². The van der Waals surface area contributed by atoms with Crippen molar-refractivity contribution < 1.29 is 22.8 Å². The molecule has 3 rings (SSSR count). The van der Waals surface area contributed by atoms with Crippen LogP contribution < -0.4 is 10.6 Å². The number of halogens is 3. The minimum absolute atomic E-state index is 0.0939. The van der Waals surface area contributed by atoms with Crippen molar-refractivity contribution in [3.63, 3.8) is 0 Å². The van der Waals surface area contributed by atoms with Gasteiger partial charge in [0.1, 0.15) is 0 Å². The van der Waals surface area contributed by atoms with E-state index in [1.165, 1.54) is 12.1 Å². The molecule has 160 valence electrons. The molecule has 1 aliphatic heterocycles. The van der Waals surface area contributed by atoms with Gasteiger partial charge in [-0.25, -0.2) is 0 Å². The summed E-state index contributed by atoms with van der Waals surface area (Å²) in [7, 11) is 0. The summed E-state index contributed by atoms with van der Waals surface area (Å²) in [6.45, 7) is 3.32. The van der Waals surface area contributed by atoms with Gasteiger partial charge in [-0.15, -0.1) is 0 Å². The van der Waals surface area contributed by atoms with Crippen molar-refractivity contribution >= 4 is 17.5 Å². The van der Waals surface area contributed by atoms with Crippen molar-refractivity contribution in [1.82, 2.24) is 10.2 Å². The Bertz CT molecular complexity index is 914. The molecule has 1 saturated heterocycles. The molecule has 2 aromatic rings. The van der Waals surface area contributed by atoms with E-state index in [9.17, 15) is 22.8 Å². The third-order valence-electron chi connectivity index (χ3n) is 5.10. The SMILES string of the molecule is CC(NCc1ccccc1CN1CCCC1=O)C(=O)Nc1cccc(C(F)(F)F)c1. The van der Waals surface area contributed by atoms with Crippen molar-refractivity contribution in [1.29, 1.82) is 0 Å². The first-order valence-corrected chi connectivity index (χ1v) is 9.80. The summed E-state index contributed by atoms with van der Waals surface area (Å²) < 4.78 is 38.5. The van der Waals surface area contributed by atoms with Crippen LogP contribution in [0.15, 0.2) is 48.5 Å². The number of rotatable bonds is 7. The minimum Gasteiger partial charge on any atom is -0.338 e. The summed E-state index contributed by atoms with van der Waals surface area (Å²) in [5.41, 5.74) is 1.25. The topological polar surface area (TPSA) is 61.4 Å². The predicted octanol–water partition coefficient (Wildman–Crippen LogP) is 3.94. The van der Waals surface area contributed by atoms with Crippen molar-refractivity contribution in [2.45, 2.75) is 45.1 Å². The Morgan fingerprint density at radius 2 is 1.87 bits per heavy atom. The highest BCUT2D eigenvalue weighted by molar-refractivity contribution is 5.94. The molecule has 0 saturated carbocycles. The van der Waals surface area contributed by atoms with Gasteiger partial charge in [0.05, 0.1) is 11.6 Å². The molecule has 1 heterocycles. The van der Waals surface area contributed by atoms with Gasteiger partial charge in [-0.1, -0.05) is 30.3 Å². The second-order valence-corrected chi connectivity index (χ2v) is 7.36. The molecule has 0 aliphatic carbocycles. The lowest BCUT2D eigenvalue weighted by molar-refractivity contribution is -0.137. The van der Waals surface area contributed by atoms with Crippen molar-refractivity contribution in [3.8, 4) is 0 Å². The molecule has 1 unspecified atom stereocenters. The molecule has 1 atom stereocenters. The number of amides is 2. The van der Waals surface area contributed by atoms with Crippen LogP contribution >= 0.6 is 0 Å². The first-order valence-electron chi connectivity index (χ1n) is 9.80. The number of nitrogens with one attached hydrogen (secondary N) is 2. The van der Waals surface area contributed by atoms with E-state index in [-0.39, 0.29) is 11.6 Å². The zero-order chi connectivity index (χ0) is 21.7. The summed E-state index contributed by atoms with van der Waals surface area (Å²) in [6.07, 6.45) is -3.02. The van der Waals surface area contributed by atoms with Crippen molar-refractivity contribution in [3.05, 3.63) is 65.2 Å². The van der Waals surface area contributed by atoms with E-state index < -0.39 is 23.7 Å². The lowest BCUT2D eigenvalue weighted by Crippen LogP contribution is -2.38. The number of carbonyl (C=O) groups is 2. The Balaban J connectivity index is 1.59. The van der Waals surface area contributed by atoms with Crippen LogP contribution in [0.4, 0.5) is 18.9 Å². The first-order chi connectivity index (χ1) is 14.2. The minimum atomic E-state index is -4.47. The second-order valence-electron chi connectivity index (χ2n) is 7.36. The summed E-state index contributed by atoms with van der Waals surface area (Å²) in [5.74, 6) is -0.284. The number of anilines is 1. The Kier molecular flexibility index (Phi) is 6.77. The molecule has 8 heteroatoms. The number of likely N-dealkylation sites (tertiary alicyclic amines) is 1. The molecule has 2 amide bonds. The summed E-state index contributed by atoms with van der Waals surface area (Å²) in [4.78, 5) is 26.1. The second kappa shape index (κ2) is 9.30. The Morgan fingerprint density at radius 3 is 2.53 bits per heavy atom. The zero-order valence-electron chi connectivity index (χ0n) is 16.6. The number of hydrogen-bond donors (Lipinski definition) is 2. The van der Waals surface area contributed by atoms with Crippen molar-refractivity contribution in [2.75, 3.05) is 11.9 Å². The van der Waals surface area contributed by atoms with Gasteiger partial charge >= 0.3 is 6.18 Å². The first kappa shape index (κ1) is 21.8. The van der Waals surface area contributed by atoms with Gasteiger partial charge < -0.3 is 15.5 Å². The molecule has 30 heavy (non-hydrogen) atoms. The van der Waals surface area contributed by atoms with Crippen LogP contribution in [-0.4, -0.2) is 29.3 Å². The number of hydrogen-bond acceptors (Lipinski definition) is 3. The Labute approximate surface area is 173 Å². The molecule has 2 aromatic carbocycles. The number of alkyl halides is 3. The number of benzene rings is 2. The quantitative estimate of drug-likeness (QED) is 0.715. The van der Waals surface area contributed by atoms with Crippen LogP contribution in [0.25, 0.3) is 0 Å². The number of carbonyl (C=O) groups excluding carboxylic acids is 2. The van der Waals surface area contributed by atoms with Gasteiger partial charge in [-0.3, -0.25) is 9.59 Å². The molecule has 1 fully saturated rings. The van der Waals surface area contributed by atoms with Crippen LogP contribution in [0.1, 0.15) is 36.5 Å². The molecule has 1 aliphatic rings. The van der Waals surface area contributed by atoms with Crippen LogP contribution in [0.2, 0.25) is 0 Å².